The third-order valence-electron chi connectivity index (χ3n) is 4.73. The first-order valence-corrected chi connectivity index (χ1v) is 7.88. The fourth-order valence-corrected chi connectivity index (χ4v) is 3.58. The summed E-state index contributed by atoms with van der Waals surface area (Å²) < 4.78 is 10.4. The van der Waals surface area contributed by atoms with Gasteiger partial charge in [0, 0.05) is 28.1 Å². The van der Waals surface area contributed by atoms with Crippen LogP contribution in [0.1, 0.15) is 39.0 Å². The van der Waals surface area contributed by atoms with Crippen molar-refractivity contribution < 1.29 is 8.83 Å². The minimum atomic E-state index is -0.652. The first kappa shape index (κ1) is 13.4. The van der Waals surface area contributed by atoms with E-state index in [1.807, 2.05) is 24.3 Å². The Kier molecular flexibility index (Phi) is 2.99. The average Bonchev–Trinajstić information content (AvgIpc) is 2.88. The molecule has 0 bridgehead atoms. The van der Waals surface area contributed by atoms with Crippen molar-refractivity contribution in [2.24, 2.45) is 0 Å². The summed E-state index contributed by atoms with van der Waals surface area (Å²) >= 11 is 0. The predicted molar refractivity (Wildman–Crippen MR) is 87.4 cm³/mol. The van der Waals surface area contributed by atoms with Gasteiger partial charge in [-0.1, -0.05) is 43.5 Å². The van der Waals surface area contributed by atoms with Crippen molar-refractivity contribution >= 4 is 27.6 Å². The van der Waals surface area contributed by atoms with E-state index in [9.17, 15) is 4.79 Å². The molecule has 0 aliphatic heterocycles. The molecule has 0 saturated heterocycles. The van der Waals surface area contributed by atoms with Gasteiger partial charge < -0.3 is 14.2 Å². The Labute approximate surface area is 128 Å². The van der Waals surface area contributed by atoms with Gasteiger partial charge in [0.05, 0.1) is 0 Å². The molecule has 0 amide bonds. The summed E-state index contributed by atoms with van der Waals surface area (Å²) in [5.74, 6) is -0.652. The van der Waals surface area contributed by atoms with Crippen LogP contribution in [0, 0.1) is 0 Å². The number of benzene rings is 2. The Morgan fingerprint density at radius 2 is 1.77 bits per heavy atom. The van der Waals surface area contributed by atoms with Gasteiger partial charge in [-0.05, 0) is 19.8 Å². The summed E-state index contributed by atoms with van der Waals surface area (Å²) in [5, 5.41) is 5.67. The maximum atomic E-state index is 11.4. The van der Waals surface area contributed by atoms with Crippen molar-refractivity contribution in [1.29, 1.82) is 0 Å². The van der Waals surface area contributed by atoms with E-state index in [2.05, 4.69) is 18.3 Å². The van der Waals surface area contributed by atoms with Gasteiger partial charge >= 0.3 is 5.82 Å². The van der Waals surface area contributed by atoms with E-state index < -0.39 is 5.82 Å². The molecule has 0 unspecified atom stereocenters. The van der Waals surface area contributed by atoms with Gasteiger partial charge in [0.15, 0.2) is 11.2 Å². The predicted octanol–water partition coefficient (Wildman–Crippen LogP) is 4.67. The molecule has 1 heterocycles. The van der Waals surface area contributed by atoms with E-state index >= 15 is 0 Å². The molecule has 22 heavy (non-hydrogen) atoms. The highest BCUT2D eigenvalue weighted by Crippen LogP contribution is 2.36. The Hall–Kier alpha value is -2.23. The Bertz CT molecular complexity index is 884. The molecule has 1 saturated carbocycles. The Morgan fingerprint density at radius 3 is 2.55 bits per heavy atom. The summed E-state index contributed by atoms with van der Waals surface area (Å²) in [4.78, 5) is 11.4. The zero-order valence-electron chi connectivity index (χ0n) is 12.6. The van der Waals surface area contributed by atoms with E-state index in [1.54, 1.807) is 0 Å². The minimum absolute atomic E-state index is 0.0960. The molecule has 0 spiro atoms. The Balaban J connectivity index is 1.89. The number of anilines is 1. The van der Waals surface area contributed by atoms with Gasteiger partial charge in [0.2, 0.25) is 0 Å². The molecule has 0 radical (unpaired) electrons. The summed E-state index contributed by atoms with van der Waals surface area (Å²) in [6, 6.07) is 9.85. The van der Waals surface area contributed by atoms with Gasteiger partial charge in [-0.25, -0.2) is 4.79 Å². The lowest BCUT2D eigenvalue weighted by Crippen LogP contribution is -2.36. The molecule has 1 fully saturated rings. The second-order valence-corrected chi connectivity index (χ2v) is 6.50. The van der Waals surface area contributed by atoms with Crippen LogP contribution in [0.4, 0.5) is 5.69 Å². The highest BCUT2D eigenvalue weighted by atomic mass is 16.6. The molecule has 114 valence electrons. The maximum absolute atomic E-state index is 11.4. The second kappa shape index (κ2) is 4.90. The molecule has 4 heteroatoms. The number of fused-ring (bicyclic) bond motifs is 3. The van der Waals surface area contributed by atoms with Gasteiger partial charge in [0.25, 0.3) is 0 Å². The standard InChI is InChI=1S/C18H19NO3/c1-18(9-5-2-6-10-18)19-14-11-15-16(22-17(20)21-15)13-8-4-3-7-12(13)14/h3-4,7-8,11,19H,2,5-6,9-10H2,1H3. The van der Waals surface area contributed by atoms with E-state index in [-0.39, 0.29) is 5.54 Å². The third kappa shape index (κ3) is 2.19. The quantitative estimate of drug-likeness (QED) is 0.746. The van der Waals surface area contributed by atoms with Crippen LogP contribution >= 0.6 is 0 Å². The fraction of sp³-hybridized carbons (Fsp3) is 0.389. The molecule has 1 aliphatic rings. The normalized spacial score (nSPS) is 17.9. The first-order chi connectivity index (χ1) is 10.6. The molecule has 3 aromatic rings. The fourth-order valence-electron chi connectivity index (χ4n) is 3.58. The zero-order valence-corrected chi connectivity index (χ0v) is 12.6. The number of rotatable bonds is 2. The van der Waals surface area contributed by atoms with Crippen molar-refractivity contribution in [1.82, 2.24) is 0 Å². The van der Waals surface area contributed by atoms with E-state index in [0.717, 1.165) is 29.3 Å². The van der Waals surface area contributed by atoms with Crippen molar-refractivity contribution in [3.8, 4) is 0 Å². The molecular weight excluding hydrogens is 278 g/mol. The van der Waals surface area contributed by atoms with Gasteiger partial charge in [0.1, 0.15) is 0 Å². The molecule has 1 aromatic heterocycles. The lowest BCUT2D eigenvalue weighted by molar-refractivity contribution is 0.349. The van der Waals surface area contributed by atoms with E-state index in [0.29, 0.717) is 11.2 Å². The number of nitrogens with one attached hydrogen (secondary N) is 1. The lowest BCUT2D eigenvalue weighted by Gasteiger charge is -2.36. The first-order valence-electron chi connectivity index (χ1n) is 7.88. The molecule has 1 N–H and O–H groups in total. The average molecular weight is 297 g/mol. The van der Waals surface area contributed by atoms with E-state index in [4.69, 9.17) is 8.83 Å². The second-order valence-electron chi connectivity index (χ2n) is 6.50. The van der Waals surface area contributed by atoms with Crippen molar-refractivity contribution in [2.75, 3.05) is 5.32 Å². The third-order valence-corrected chi connectivity index (χ3v) is 4.73. The van der Waals surface area contributed by atoms with Crippen LogP contribution in [0.3, 0.4) is 0 Å². The minimum Gasteiger partial charge on any atom is -0.391 e. The van der Waals surface area contributed by atoms with Gasteiger partial charge in [-0.3, -0.25) is 0 Å². The van der Waals surface area contributed by atoms with Crippen LogP contribution in [0.25, 0.3) is 21.9 Å². The Morgan fingerprint density at radius 1 is 1.05 bits per heavy atom. The van der Waals surface area contributed by atoms with Crippen LogP contribution in [0.15, 0.2) is 44.0 Å². The van der Waals surface area contributed by atoms with Crippen LogP contribution < -0.4 is 11.1 Å². The van der Waals surface area contributed by atoms with Crippen LogP contribution in [-0.2, 0) is 0 Å². The smallest absolute Gasteiger partial charge is 0.391 e. The van der Waals surface area contributed by atoms with Crippen molar-refractivity contribution in [3.05, 3.63) is 40.9 Å². The molecular formula is C18H19NO3. The lowest BCUT2D eigenvalue weighted by atomic mass is 9.83. The van der Waals surface area contributed by atoms with Gasteiger partial charge in [-0.15, -0.1) is 0 Å². The topological polar surface area (TPSA) is 55.4 Å². The van der Waals surface area contributed by atoms with Crippen LogP contribution in [0.2, 0.25) is 0 Å². The number of hydrogen-bond acceptors (Lipinski definition) is 4. The molecule has 4 nitrogen and oxygen atoms in total. The van der Waals surface area contributed by atoms with Crippen LogP contribution in [0.5, 0.6) is 0 Å². The van der Waals surface area contributed by atoms with E-state index in [1.165, 1.54) is 19.3 Å². The van der Waals surface area contributed by atoms with Crippen LogP contribution in [-0.4, -0.2) is 5.54 Å². The monoisotopic (exact) mass is 297 g/mol. The van der Waals surface area contributed by atoms with Crippen molar-refractivity contribution in [2.45, 2.75) is 44.6 Å². The summed E-state index contributed by atoms with van der Waals surface area (Å²) in [6.07, 6.45) is 6.14. The van der Waals surface area contributed by atoms with Gasteiger partial charge in [-0.2, -0.15) is 0 Å². The summed E-state index contributed by atoms with van der Waals surface area (Å²) in [6.45, 7) is 2.27. The molecule has 0 atom stereocenters. The molecule has 4 rings (SSSR count). The maximum Gasteiger partial charge on any atom is 0.519 e. The summed E-state index contributed by atoms with van der Waals surface area (Å²) in [7, 11) is 0. The largest absolute Gasteiger partial charge is 0.519 e. The van der Waals surface area contributed by atoms with Crippen molar-refractivity contribution in [3.63, 3.8) is 0 Å². The SMILES string of the molecule is CC1(Nc2cc3oc(=O)oc3c3ccccc23)CCCCC1. The zero-order chi connectivity index (χ0) is 15.2. The highest BCUT2D eigenvalue weighted by Gasteiger charge is 2.27. The summed E-state index contributed by atoms with van der Waals surface area (Å²) in [5.41, 5.74) is 2.14. The molecule has 2 aromatic carbocycles. The number of hydrogen-bond donors (Lipinski definition) is 1. The molecule has 1 aliphatic carbocycles. The highest BCUT2D eigenvalue weighted by molar-refractivity contribution is 6.08.